The van der Waals surface area contributed by atoms with Crippen molar-refractivity contribution >= 4 is 0 Å². The smallest absolute Gasteiger partial charge is 0.258 e. The predicted octanol–water partition coefficient (Wildman–Crippen LogP) is 1.86. The van der Waals surface area contributed by atoms with Crippen molar-refractivity contribution in [2.75, 3.05) is 19.7 Å². The van der Waals surface area contributed by atoms with Crippen molar-refractivity contribution in [1.82, 2.24) is 15.0 Å². The summed E-state index contributed by atoms with van der Waals surface area (Å²) in [4.78, 5) is 6.47. The molecule has 2 rings (SSSR count). The van der Waals surface area contributed by atoms with Crippen molar-refractivity contribution in [3.05, 3.63) is 35.7 Å². The van der Waals surface area contributed by atoms with Gasteiger partial charge in [-0.25, -0.2) is 0 Å². The van der Waals surface area contributed by atoms with Crippen LogP contribution in [0.4, 0.5) is 0 Å². The number of nitrogens with zero attached hydrogens (tertiary/aromatic N) is 3. The van der Waals surface area contributed by atoms with Crippen LogP contribution in [-0.4, -0.2) is 39.8 Å². The topological polar surface area (TPSA) is 62.4 Å². The van der Waals surface area contributed by atoms with E-state index in [9.17, 15) is 0 Å². The molecule has 0 fully saturated rings. The monoisotopic (exact) mass is 261 g/mol. The lowest BCUT2D eigenvalue weighted by molar-refractivity contribution is 0.192. The lowest BCUT2D eigenvalue weighted by Gasteiger charge is -2.16. The van der Waals surface area contributed by atoms with Crippen LogP contribution in [0.5, 0.6) is 0 Å². The number of hydrogen-bond donors (Lipinski definition) is 1. The number of aromatic nitrogens is 2. The maximum absolute atomic E-state index is 8.96. The average molecular weight is 261 g/mol. The van der Waals surface area contributed by atoms with Gasteiger partial charge < -0.3 is 9.63 Å². The SMILES string of the molecule is CCN(CCO)Cc1noc(-c2ccccc2C)n1. The quantitative estimate of drug-likeness (QED) is 0.860. The maximum atomic E-state index is 8.96. The molecule has 1 N–H and O–H groups in total. The first kappa shape index (κ1) is 13.7. The number of likely N-dealkylation sites (N-methyl/N-ethyl adjacent to an activating group) is 1. The molecule has 1 aromatic carbocycles. The fourth-order valence-corrected chi connectivity index (χ4v) is 1.93. The van der Waals surface area contributed by atoms with Crippen molar-refractivity contribution in [2.45, 2.75) is 20.4 Å². The van der Waals surface area contributed by atoms with Crippen molar-refractivity contribution in [2.24, 2.45) is 0 Å². The molecule has 19 heavy (non-hydrogen) atoms. The molecule has 0 amide bonds. The van der Waals surface area contributed by atoms with Crippen molar-refractivity contribution < 1.29 is 9.63 Å². The predicted molar refractivity (Wildman–Crippen MR) is 72.5 cm³/mol. The minimum atomic E-state index is 0.135. The molecule has 0 saturated heterocycles. The van der Waals surface area contributed by atoms with Crippen LogP contribution >= 0.6 is 0 Å². The summed E-state index contributed by atoms with van der Waals surface area (Å²) in [5.41, 5.74) is 2.08. The van der Waals surface area contributed by atoms with Crippen LogP contribution in [0.3, 0.4) is 0 Å². The minimum absolute atomic E-state index is 0.135. The Morgan fingerprint density at radius 3 is 2.79 bits per heavy atom. The number of aliphatic hydroxyl groups is 1. The summed E-state index contributed by atoms with van der Waals surface area (Å²) in [6.07, 6.45) is 0. The zero-order valence-corrected chi connectivity index (χ0v) is 11.3. The number of benzene rings is 1. The zero-order valence-electron chi connectivity index (χ0n) is 11.3. The van der Waals surface area contributed by atoms with Gasteiger partial charge in [0, 0.05) is 12.1 Å². The van der Waals surface area contributed by atoms with Gasteiger partial charge in [-0.1, -0.05) is 30.3 Å². The second-order valence-electron chi connectivity index (χ2n) is 4.42. The van der Waals surface area contributed by atoms with E-state index >= 15 is 0 Å². The summed E-state index contributed by atoms with van der Waals surface area (Å²) < 4.78 is 5.30. The van der Waals surface area contributed by atoms with Crippen LogP contribution in [0, 0.1) is 6.92 Å². The second-order valence-corrected chi connectivity index (χ2v) is 4.42. The molecule has 5 nitrogen and oxygen atoms in total. The van der Waals surface area contributed by atoms with Gasteiger partial charge in [0.25, 0.3) is 5.89 Å². The highest BCUT2D eigenvalue weighted by Crippen LogP contribution is 2.21. The third kappa shape index (κ3) is 3.39. The van der Waals surface area contributed by atoms with E-state index < -0.39 is 0 Å². The summed E-state index contributed by atoms with van der Waals surface area (Å²) in [5, 5.41) is 13.0. The molecule has 0 atom stereocenters. The fraction of sp³-hybridized carbons (Fsp3) is 0.429. The van der Waals surface area contributed by atoms with Crippen LogP contribution in [0.15, 0.2) is 28.8 Å². The molecule has 0 aliphatic carbocycles. The maximum Gasteiger partial charge on any atom is 0.258 e. The van der Waals surface area contributed by atoms with Crippen molar-refractivity contribution in [1.29, 1.82) is 0 Å². The first-order valence-electron chi connectivity index (χ1n) is 6.46. The Kier molecular flexibility index (Phi) is 4.65. The highest BCUT2D eigenvalue weighted by Gasteiger charge is 2.12. The van der Waals surface area contributed by atoms with Gasteiger partial charge in [0.2, 0.25) is 0 Å². The van der Waals surface area contributed by atoms with Crippen LogP contribution in [0.2, 0.25) is 0 Å². The highest BCUT2D eigenvalue weighted by atomic mass is 16.5. The Bertz CT molecular complexity index is 525. The largest absolute Gasteiger partial charge is 0.395 e. The van der Waals surface area contributed by atoms with Gasteiger partial charge >= 0.3 is 0 Å². The van der Waals surface area contributed by atoms with E-state index in [1.54, 1.807) is 0 Å². The molecule has 5 heteroatoms. The third-order valence-corrected chi connectivity index (χ3v) is 3.07. The Balaban J connectivity index is 2.13. The molecular weight excluding hydrogens is 242 g/mol. The van der Waals surface area contributed by atoms with Crippen LogP contribution in [0.1, 0.15) is 18.3 Å². The number of rotatable bonds is 6. The molecule has 1 aromatic heterocycles. The van der Waals surface area contributed by atoms with Gasteiger partial charge in [0.15, 0.2) is 5.82 Å². The van der Waals surface area contributed by atoms with E-state index in [0.29, 0.717) is 24.8 Å². The average Bonchev–Trinajstić information content (AvgIpc) is 2.87. The lowest BCUT2D eigenvalue weighted by atomic mass is 10.1. The molecule has 0 unspecified atom stereocenters. The number of aryl methyl sites for hydroxylation is 1. The van der Waals surface area contributed by atoms with E-state index in [4.69, 9.17) is 9.63 Å². The van der Waals surface area contributed by atoms with Gasteiger partial charge in [-0.15, -0.1) is 0 Å². The summed E-state index contributed by atoms with van der Waals surface area (Å²) >= 11 is 0. The van der Waals surface area contributed by atoms with E-state index in [1.807, 2.05) is 38.1 Å². The van der Waals surface area contributed by atoms with Gasteiger partial charge in [0.05, 0.1) is 13.2 Å². The van der Waals surface area contributed by atoms with E-state index in [0.717, 1.165) is 17.7 Å². The first-order valence-corrected chi connectivity index (χ1v) is 6.46. The fourth-order valence-electron chi connectivity index (χ4n) is 1.93. The van der Waals surface area contributed by atoms with E-state index in [-0.39, 0.29) is 6.61 Å². The summed E-state index contributed by atoms with van der Waals surface area (Å²) in [6.45, 7) is 6.24. The Labute approximate surface area is 112 Å². The van der Waals surface area contributed by atoms with Crippen LogP contribution < -0.4 is 0 Å². The molecular formula is C14H19N3O2. The molecule has 102 valence electrons. The van der Waals surface area contributed by atoms with E-state index in [1.165, 1.54) is 0 Å². The summed E-state index contributed by atoms with van der Waals surface area (Å²) in [5.74, 6) is 1.20. The Morgan fingerprint density at radius 2 is 2.11 bits per heavy atom. The third-order valence-electron chi connectivity index (χ3n) is 3.07. The molecule has 0 bridgehead atoms. The Morgan fingerprint density at radius 1 is 1.32 bits per heavy atom. The van der Waals surface area contributed by atoms with Crippen LogP contribution in [-0.2, 0) is 6.54 Å². The van der Waals surface area contributed by atoms with Crippen molar-refractivity contribution in [3.63, 3.8) is 0 Å². The summed E-state index contributed by atoms with van der Waals surface area (Å²) in [7, 11) is 0. The highest BCUT2D eigenvalue weighted by molar-refractivity contribution is 5.57. The number of hydrogen-bond acceptors (Lipinski definition) is 5. The molecule has 0 saturated carbocycles. The molecule has 0 aliphatic rings. The molecule has 2 aromatic rings. The zero-order chi connectivity index (χ0) is 13.7. The molecule has 1 heterocycles. The first-order chi connectivity index (χ1) is 9.24. The summed E-state index contributed by atoms with van der Waals surface area (Å²) in [6, 6.07) is 7.92. The molecule has 0 aliphatic heterocycles. The normalized spacial score (nSPS) is 11.2. The second kappa shape index (κ2) is 6.45. The number of aliphatic hydroxyl groups excluding tert-OH is 1. The van der Waals surface area contributed by atoms with Gasteiger partial charge in [-0.3, -0.25) is 4.90 Å². The van der Waals surface area contributed by atoms with Gasteiger partial charge in [-0.05, 0) is 25.1 Å². The Hall–Kier alpha value is -1.72. The van der Waals surface area contributed by atoms with E-state index in [2.05, 4.69) is 15.0 Å². The lowest BCUT2D eigenvalue weighted by Crippen LogP contribution is -2.26. The minimum Gasteiger partial charge on any atom is -0.395 e. The van der Waals surface area contributed by atoms with Gasteiger partial charge in [-0.2, -0.15) is 4.98 Å². The molecule has 0 radical (unpaired) electrons. The molecule has 0 spiro atoms. The van der Waals surface area contributed by atoms with Gasteiger partial charge in [0.1, 0.15) is 0 Å². The van der Waals surface area contributed by atoms with Crippen molar-refractivity contribution in [3.8, 4) is 11.5 Å². The standard InChI is InChI=1S/C14H19N3O2/c1-3-17(8-9-18)10-13-15-14(19-16-13)12-7-5-4-6-11(12)2/h4-7,18H,3,8-10H2,1-2H3. The van der Waals surface area contributed by atoms with Crippen LogP contribution in [0.25, 0.3) is 11.5 Å².